The molecule has 0 aromatic carbocycles. The number of thiazole rings is 1. The number of hydrogen-bond acceptors (Lipinski definition) is 6. The molecule has 3 rings (SSSR count). The fourth-order valence-corrected chi connectivity index (χ4v) is 3.22. The van der Waals surface area contributed by atoms with Gasteiger partial charge in [-0.1, -0.05) is 0 Å². The summed E-state index contributed by atoms with van der Waals surface area (Å²) in [5.41, 5.74) is -1.23. The standard InChI is InChI=1S/C11H15NO4S/c1-6-11(13,9-12-4-5-17-9)7-8(14-6)16-10(2,3)15-7/h4-8,13H,1-3H3/t6-,7-,8+,11+/m0/s1. The minimum atomic E-state index is -1.23. The number of ether oxygens (including phenoxy) is 3. The number of nitrogens with zero attached hydrogens (tertiary/aromatic N) is 1. The van der Waals surface area contributed by atoms with E-state index in [0.29, 0.717) is 5.01 Å². The second kappa shape index (κ2) is 3.49. The molecule has 0 bridgehead atoms. The molecule has 1 N–H and O–H groups in total. The topological polar surface area (TPSA) is 60.8 Å². The van der Waals surface area contributed by atoms with Gasteiger partial charge in [0.2, 0.25) is 0 Å². The molecule has 4 atom stereocenters. The van der Waals surface area contributed by atoms with Gasteiger partial charge in [-0.15, -0.1) is 11.3 Å². The molecule has 6 heteroatoms. The van der Waals surface area contributed by atoms with E-state index < -0.39 is 29.9 Å². The van der Waals surface area contributed by atoms with E-state index in [2.05, 4.69) is 4.98 Å². The van der Waals surface area contributed by atoms with Gasteiger partial charge >= 0.3 is 0 Å². The largest absolute Gasteiger partial charge is 0.377 e. The van der Waals surface area contributed by atoms with Gasteiger partial charge in [-0.3, -0.25) is 0 Å². The van der Waals surface area contributed by atoms with Gasteiger partial charge < -0.3 is 19.3 Å². The van der Waals surface area contributed by atoms with Gasteiger partial charge in [0.05, 0.1) is 6.10 Å². The number of aliphatic hydroxyl groups is 1. The second-order valence-corrected chi connectivity index (χ2v) is 5.76. The Hall–Kier alpha value is -0.530. The van der Waals surface area contributed by atoms with E-state index in [1.807, 2.05) is 19.2 Å². The first-order valence-corrected chi connectivity index (χ1v) is 6.45. The number of aromatic nitrogens is 1. The van der Waals surface area contributed by atoms with Crippen LogP contribution >= 0.6 is 11.3 Å². The van der Waals surface area contributed by atoms with Crippen LogP contribution in [-0.2, 0) is 19.8 Å². The van der Waals surface area contributed by atoms with Gasteiger partial charge in [-0.05, 0) is 20.8 Å². The highest BCUT2D eigenvalue weighted by molar-refractivity contribution is 7.09. The van der Waals surface area contributed by atoms with Crippen LogP contribution in [0.15, 0.2) is 11.6 Å². The van der Waals surface area contributed by atoms with E-state index in [0.717, 1.165) is 0 Å². The fourth-order valence-electron chi connectivity index (χ4n) is 2.38. The summed E-state index contributed by atoms with van der Waals surface area (Å²) < 4.78 is 17.0. The van der Waals surface area contributed by atoms with Gasteiger partial charge in [0.25, 0.3) is 0 Å². The van der Waals surface area contributed by atoms with Crippen LogP contribution in [0.3, 0.4) is 0 Å². The van der Waals surface area contributed by atoms with E-state index in [1.165, 1.54) is 11.3 Å². The first kappa shape index (κ1) is 11.6. The third-order valence-electron chi connectivity index (χ3n) is 3.22. The van der Waals surface area contributed by atoms with Gasteiger partial charge in [0.15, 0.2) is 17.7 Å². The summed E-state index contributed by atoms with van der Waals surface area (Å²) in [7, 11) is 0. The number of fused-ring (bicyclic) bond motifs is 1. The molecule has 2 saturated heterocycles. The Morgan fingerprint density at radius 3 is 2.82 bits per heavy atom. The second-order valence-electron chi connectivity index (χ2n) is 4.87. The molecular weight excluding hydrogens is 242 g/mol. The van der Waals surface area contributed by atoms with E-state index in [4.69, 9.17) is 14.2 Å². The van der Waals surface area contributed by atoms with E-state index in [9.17, 15) is 5.11 Å². The maximum Gasteiger partial charge on any atom is 0.190 e. The van der Waals surface area contributed by atoms with Crippen molar-refractivity contribution in [1.29, 1.82) is 0 Å². The lowest BCUT2D eigenvalue weighted by atomic mass is 9.94. The summed E-state index contributed by atoms with van der Waals surface area (Å²) in [5, 5.41) is 13.3. The van der Waals surface area contributed by atoms with Crippen LogP contribution in [0.2, 0.25) is 0 Å². The highest BCUT2D eigenvalue weighted by atomic mass is 32.1. The van der Waals surface area contributed by atoms with Gasteiger partial charge in [-0.25, -0.2) is 4.98 Å². The molecule has 0 saturated carbocycles. The van der Waals surface area contributed by atoms with Crippen LogP contribution in [0.4, 0.5) is 0 Å². The molecule has 5 nitrogen and oxygen atoms in total. The van der Waals surface area contributed by atoms with Crippen LogP contribution in [0.25, 0.3) is 0 Å². The van der Waals surface area contributed by atoms with Crippen LogP contribution in [0.5, 0.6) is 0 Å². The first-order valence-electron chi connectivity index (χ1n) is 5.57. The maximum absolute atomic E-state index is 10.8. The van der Waals surface area contributed by atoms with Crippen molar-refractivity contribution < 1.29 is 19.3 Å². The van der Waals surface area contributed by atoms with Crippen molar-refractivity contribution in [3.63, 3.8) is 0 Å². The summed E-state index contributed by atoms with van der Waals surface area (Å²) >= 11 is 1.40. The lowest BCUT2D eigenvalue weighted by Crippen LogP contribution is -2.45. The minimum absolute atomic E-state index is 0.403. The van der Waals surface area contributed by atoms with Crippen molar-refractivity contribution in [2.45, 2.75) is 50.7 Å². The van der Waals surface area contributed by atoms with E-state index >= 15 is 0 Å². The molecule has 0 radical (unpaired) electrons. The Morgan fingerprint density at radius 2 is 2.18 bits per heavy atom. The zero-order chi connectivity index (χ0) is 12.3. The van der Waals surface area contributed by atoms with Crippen molar-refractivity contribution >= 4 is 11.3 Å². The predicted octanol–water partition coefficient (Wildman–Crippen LogP) is 1.23. The molecule has 0 unspecified atom stereocenters. The lowest BCUT2D eigenvalue weighted by Gasteiger charge is -2.30. The molecule has 1 aromatic rings. The zero-order valence-electron chi connectivity index (χ0n) is 9.91. The Bertz CT molecular complexity index is 421. The van der Waals surface area contributed by atoms with Crippen molar-refractivity contribution in [3.8, 4) is 0 Å². The molecular formula is C11H15NO4S. The van der Waals surface area contributed by atoms with E-state index in [-0.39, 0.29) is 0 Å². The normalized spacial score (nSPS) is 43.9. The molecule has 0 aliphatic carbocycles. The smallest absolute Gasteiger partial charge is 0.190 e. The van der Waals surface area contributed by atoms with Crippen molar-refractivity contribution in [2.24, 2.45) is 0 Å². The summed E-state index contributed by atoms with van der Waals surface area (Å²) in [5.74, 6) is -0.735. The van der Waals surface area contributed by atoms with Gasteiger partial charge in [0, 0.05) is 11.6 Å². The highest BCUT2D eigenvalue weighted by Gasteiger charge is 2.63. The Balaban J connectivity index is 1.99. The zero-order valence-corrected chi connectivity index (χ0v) is 10.7. The summed E-state index contributed by atoms with van der Waals surface area (Å²) in [6.07, 6.45) is 0.200. The summed E-state index contributed by atoms with van der Waals surface area (Å²) in [6, 6.07) is 0. The van der Waals surface area contributed by atoms with E-state index in [1.54, 1.807) is 13.1 Å². The molecule has 0 spiro atoms. The average Bonchev–Trinajstić information content (AvgIpc) is 2.88. The monoisotopic (exact) mass is 257 g/mol. The van der Waals surface area contributed by atoms with Crippen molar-refractivity contribution in [3.05, 3.63) is 16.6 Å². The van der Waals surface area contributed by atoms with Crippen LogP contribution in [0, 0.1) is 0 Å². The number of hydrogen-bond donors (Lipinski definition) is 1. The highest BCUT2D eigenvalue weighted by Crippen LogP contribution is 2.48. The molecule has 1 aromatic heterocycles. The molecule has 2 aliphatic heterocycles. The number of rotatable bonds is 1. The predicted molar refractivity (Wildman–Crippen MR) is 60.4 cm³/mol. The fraction of sp³-hybridized carbons (Fsp3) is 0.727. The summed E-state index contributed by atoms with van der Waals surface area (Å²) in [6.45, 7) is 5.42. The quantitative estimate of drug-likeness (QED) is 0.820. The Kier molecular flexibility index (Phi) is 2.37. The molecule has 94 valence electrons. The molecule has 3 heterocycles. The third kappa shape index (κ3) is 1.56. The van der Waals surface area contributed by atoms with Gasteiger partial charge in [0.1, 0.15) is 11.1 Å². The molecule has 0 amide bonds. The lowest BCUT2D eigenvalue weighted by molar-refractivity contribution is -0.228. The minimum Gasteiger partial charge on any atom is -0.377 e. The SMILES string of the molecule is C[C@@H]1O[C@@H]2OC(C)(C)O[C@@H]2[C@@]1(O)c1nccs1. The van der Waals surface area contributed by atoms with Crippen LogP contribution in [-0.4, -0.2) is 34.4 Å². The van der Waals surface area contributed by atoms with Crippen molar-refractivity contribution in [2.75, 3.05) is 0 Å². The first-order chi connectivity index (χ1) is 7.93. The van der Waals surface area contributed by atoms with Crippen molar-refractivity contribution in [1.82, 2.24) is 4.98 Å². The Labute approximate surface area is 103 Å². The Morgan fingerprint density at radius 1 is 1.41 bits per heavy atom. The third-order valence-corrected chi connectivity index (χ3v) is 4.14. The van der Waals surface area contributed by atoms with Crippen LogP contribution < -0.4 is 0 Å². The average molecular weight is 257 g/mol. The maximum atomic E-state index is 10.8. The molecule has 2 aliphatic rings. The van der Waals surface area contributed by atoms with Gasteiger partial charge in [-0.2, -0.15) is 0 Å². The molecule has 17 heavy (non-hydrogen) atoms. The summed E-state index contributed by atoms with van der Waals surface area (Å²) in [4.78, 5) is 4.18. The molecule has 2 fully saturated rings. The van der Waals surface area contributed by atoms with Crippen LogP contribution in [0.1, 0.15) is 25.8 Å².